The van der Waals surface area contributed by atoms with Crippen LogP contribution >= 0.6 is 11.3 Å². The summed E-state index contributed by atoms with van der Waals surface area (Å²) in [5, 5.41) is 15.9. The zero-order chi connectivity index (χ0) is 26.3. The number of aliphatic imine (C=N–C) groups is 1. The van der Waals surface area contributed by atoms with Crippen molar-refractivity contribution in [3.63, 3.8) is 0 Å². The molecular formula is C29H34N4O3S. The van der Waals surface area contributed by atoms with Gasteiger partial charge >= 0.3 is 0 Å². The first-order valence-corrected chi connectivity index (χ1v) is 13.6. The molecule has 3 aromatic rings. The monoisotopic (exact) mass is 518 g/mol. The van der Waals surface area contributed by atoms with Gasteiger partial charge in [0, 0.05) is 30.9 Å². The van der Waals surface area contributed by atoms with Crippen LogP contribution in [0.5, 0.6) is 11.5 Å². The van der Waals surface area contributed by atoms with Gasteiger partial charge in [0.1, 0.15) is 23.4 Å². The Labute approximate surface area is 222 Å². The molecule has 2 atom stereocenters. The van der Waals surface area contributed by atoms with Gasteiger partial charge in [-0.2, -0.15) is 0 Å². The molecule has 2 aliphatic rings. The predicted octanol–water partition coefficient (Wildman–Crippen LogP) is 4.55. The number of hydrogen-bond donors (Lipinski definition) is 3. The number of hydrogen-bond acceptors (Lipinski definition) is 7. The number of nitrogens with zero attached hydrogens (tertiary/aromatic N) is 2. The molecule has 0 amide bonds. The third-order valence-corrected chi connectivity index (χ3v) is 8.68. The molecular weight excluding hydrogens is 484 g/mol. The number of phenolic OH excluding ortho intramolecular Hbond substituents is 1. The Hall–Kier alpha value is -3.36. The fourth-order valence-electron chi connectivity index (χ4n) is 5.36. The van der Waals surface area contributed by atoms with Crippen molar-refractivity contribution < 1.29 is 14.6 Å². The zero-order valence-corrected chi connectivity index (χ0v) is 22.6. The van der Waals surface area contributed by atoms with Crippen LogP contribution in [0.15, 0.2) is 46.8 Å². The number of thiophene rings is 1. The van der Waals surface area contributed by atoms with E-state index in [4.69, 9.17) is 10.5 Å². The average Bonchev–Trinajstić information content (AvgIpc) is 3.46. The van der Waals surface area contributed by atoms with Gasteiger partial charge in [0.05, 0.1) is 10.6 Å². The van der Waals surface area contributed by atoms with Gasteiger partial charge < -0.3 is 25.8 Å². The Bertz CT molecular complexity index is 1350. The summed E-state index contributed by atoms with van der Waals surface area (Å²) in [6.45, 7) is 9.75. The number of ketones is 1. The van der Waals surface area contributed by atoms with E-state index in [0.29, 0.717) is 37.5 Å². The molecule has 3 heterocycles. The lowest BCUT2D eigenvalue weighted by atomic mass is 9.82. The van der Waals surface area contributed by atoms with E-state index in [9.17, 15) is 9.90 Å². The second-order valence-electron chi connectivity index (χ2n) is 10.1. The van der Waals surface area contributed by atoms with Crippen LogP contribution in [-0.4, -0.2) is 48.0 Å². The van der Waals surface area contributed by atoms with Gasteiger partial charge in [-0.15, -0.1) is 11.3 Å². The number of phenols is 1. The minimum atomic E-state index is -0.949. The van der Waals surface area contributed by atoms with E-state index >= 15 is 0 Å². The van der Waals surface area contributed by atoms with Crippen molar-refractivity contribution in [3.8, 4) is 11.5 Å². The first kappa shape index (κ1) is 25.3. The Morgan fingerprint density at radius 3 is 2.65 bits per heavy atom. The molecule has 0 radical (unpaired) electrons. The summed E-state index contributed by atoms with van der Waals surface area (Å²) in [6.07, 6.45) is 1.26. The Kier molecular flexibility index (Phi) is 6.72. The number of carbonyl (C=O) groups excluding carboxylic acids is 1. The van der Waals surface area contributed by atoms with E-state index in [0.717, 1.165) is 50.8 Å². The predicted molar refractivity (Wildman–Crippen MR) is 150 cm³/mol. The van der Waals surface area contributed by atoms with Crippen molar-refractivity contribution >= 4 is 34.3 Å². The van der Waals surface area contributed by atoms with Crippen LogP contribution in [-0.2, 0) is 11.2 Å². The van der Waals surface area contributed by atoms with Gasteiger partial charge in [-0.1, -0.05) is 6.07 Å². The van der Waals surface area contributed by atoms with E-state index in [1.807, 2.05) is 69.5 Å². The molecule has 8 heteroatoms. The minimum Gasteiger partial charge on any atom is -0.507 e. The molecule has 5 rings (SSSR count). The SMILES string of the molecule is Cc1c(C)c2c(c(C)c1O)CC[C@@](C)(C(=O)C1CNCCN1c1ccc(N=C(N)c3cccs3)cc1)O2. The topological polar surface area (TPSA) is 100 Å². The number of piperazine rings is 1. The van der Waals surface area contributed by atoms with Gasteiger partial charge in [0.2, 0.25) is 0 Å². The Morgan fingerprint density at radius 1 is 1.19 bits per heavy atom. The summed E-state index contributed by atoms with van der Waals surface area (Å²) < 4.78 is 6.52. The van der Waals surface area contributed by atoms with Gasteiger partial charge in [0.25, 0.3) is 0 Å². The molecule has 1 saturated heterocycles. The minimum absolute atomic E-state index is 0.0668. The number of ether oxygens (including phenoxy) is 1. The highest BCUT2D eigenvalue weighted by atomic mass is 32.1. The second kappa shape index (κ2) is 9.84. The summed E-state index contributed by atoms with van der Waals surface area (Å²) in [7, 11) is 0. The summed E-state index contributed by atoms with van der Waals surface area (Å²) in [5.74, 6) is 1.63. The quantitative estimate of drug-likeness (QED) is 0.339. The van der Waals surface area contributed by atoms with E-state index in [2.05, 4.69) is 15.2 Å². The maximum atomic E-state index is 14.1. The van der Waals surface area contributed by atoms with Gasteiger partial charge in [-0.05, 0) is 92.9 Å². The molecule has 0 aliphatic carbocycles. The van der Waals surface area contributed by atoms with Crippen LogP contribution < -0.4 is 20.7 Å². The van der Waals surface area contributed by atoms with Crippen molar-refractivity contribution in [2.24, 2.45) is 10.7 Å². The van der Waals surface area contributed by atoms with Crippen molar-refractivity contribution in [1.29, 1.82) is 0 Å². The lowest BCUT2D eigenvalue weighted by Crippen LogP contribution is -2.61. The standard InChI is InChI=1S/C29H34N4O3S/c1-17-18(2)26-22(19(3)25(17)34)11-12-29(4,36-26)27(35)23-16-31-13-14-33(23)21-9-7-20(8-10-21)32-28(30)24-6-5-15-37-24/h5-10,15,23,31,34H,11-14,16H2,1-4H3,(H2,30,32)/t23?,29-/m0/s1. The highest BCUT2D eigenvalue weighted by Gasteiger charge is 2.46. The number of Topliss-reactive ketones (excluding diaryl/α,β-unsaturated/α-hetero) is 1. The lowest BCUT2D eigenvalue weighted by Gasteiger charge is -2.43. The second-order valence-corrected chi connectivity index (χ2v) is 11.1. The number of benzene rings is 2. The maximum Gasteiger partial charge on any atom is 0.199 e. The highest BCUT2D eigenvalue weighted by molar-refractivity contribution is 7.12. The Balaban J connectivity index is 1.39. The molecule has 0 bridgehead atoms. The molecule has 2 aliphatic heterocycles. The molecule has 0 saturated carbocycles. The summed E-state index contributed by atoms with van der Waals surface area (Å²) in [4.78, 5) is 21.7. The van der Waals surface area contributed by atoms with Crippen LogP contribution in [0, 0.1) is 20.8 Å². The van der Waals surface area contributed by atoms with E-state index in [1.165, 1.54) is 0 Å². The zero-order valence-electron chi connectivity index (χ0n) is 21.8. The third kappa shape index (κ3) is 4.60. The molecule has 194 valence electrons. The third-order valence-electron chi connectivity index (χ3n) is 7.79. The number of rotatable bonds is 5. The van der Waals surface area contributed by atoms with Gasteiger partial charge in [-0.25, -0.2) is 4.99 Å². The van der Waals surface area contributed by atoms with Crippen LogP contribution in [0.1, 0.15) is 40.5 Å². The molecule has 0 spiro atoms. The molecule has 2 aromatic carbocycles. The normalized spacial score (nSPS) is 21.9. The molecule has 1 aromatic heterocycles. The van der Waals surface area contributed by atoms with Crippen molar-refractivity contribution in [3.05, 3.63) is 68.9 Å². The van der Waals surface area contributed by atoms with E-state index < -0.39 is 5.60 Å². The van der Waals surface area contributed by atoms with E-state index in [1.54, 1.807) is 11.3 Å². The molecule has 37 heavy (non-hydrogen) atoms. The van der Waals surface area contributed by atoms with Gasteiger partial charge in [0.15, 0.2) is 11.4 Å². The number of carbonyl (C=O) groups is 1. The summed E-state index contributed by atoms with van der Waals surface area (Å²) in [5.41, 5.74) is 10.5. The maximum absolute atomic E-state index is 14.1. The van der Waals surface area contributed by atoms with Crippen molar-refractivity contribution in [1.82, 2.24) is 5.32 Å². The number of anilines is 1. The number of fused-ring (bicyclic) bond motifs is 1. The molecule has 1 fully saturated rings. The Morgan fingerprint density at radius 2 is 1.95 bits per heavy atom. The van der Waals surface area contributed by atoms with Crippen LogP contribution in [0.2, 0.25) is 0 Å². The van der Waals surface area contributed by atoms with Gasteiger partial charge in [-0.3, -0.25) is 4.79 Å². The fraction of sp³-hybridized carbons (Fsp3) is 0.379. The summed E-state index contributed by atoms with van der Waals surface area (Å²) in [6, 6.07) is 11.4. The number of nitrogens with two attached hydrogens (primary N) is 1. The molecule has 7 nitrogen and oxygen atoms in total. The number of nitrogens with one attached hydrogen (secondary N) is 1. The number of amidine groups is 1. The lowest BCUT2D eigenvalue weighted by molar-refractivity contribution is -0.136. The van der Waals surface area contributed by atoms with Crippen LogP contribution in [0.25, 0.3) is 0 Å². The average molecular weight is 519 g/mol. The van der Waals surface area contributed by atoms with Crippen LogP contribution in [0.4, 0.5) is 11.4 Å². The fourth-order valence-corrected chi connectivity index (χ4v) is 5.99. The molecule has 1 unspecified atom stereocenters. The number of aromatic hydroxyl groups is 1. The van der Waals surface area contributed by atoms with E-state index in [-0.39, 0.29) is 11.8 Å². The highest BCUT2D eigenvalue weighted by Crippen LogP contribution is 2.44. The largest absolute Gasteiger partial charge is 0.507 e. The smallest absolute Gasteiger partial charge is 0.199 e. The van der Waals surface area contributed by atoms with Crippen molar-refractivity contribution in [2.75, 3.05) is 24.5 Å². The molecule has 4 N–H and O–H groups in total. The first-order chi connectivity index (χ1) is 17.7. The van der Waals surface area contributed by atoms with Crippen LogP contribution in [0.3, 0.4) is 0 Å². The first-order valence-electron chi connectivity index (χ1n) is 12.7. The summed E-state index contributed by atoms with van der Waals surface area (Å²) >= 11 is 1.56. The van der Waals surface area contributed by atoms with Crippen molar-refractivity contribution in [2.45, 2.75) is 52.2 Å².